The van der Waals surface area contributed by atoms with Crippen LogP contribution in [0.15, 0.2) is 23.8 Å². The number of rotatable bonds is 4. The Hall–Kier alpha value is -1.93. The summed E-state index contributed by atoms with van der Waals surface area (Å²) in [6.07, 6.45) is 3.31. The lowest BCUT2D eigenvalue weighted by molar-refractivity contribution is 0.132. The maximum Gasteiger partial charge on any atom is 0.324 e. The second-order valence-corrected chi connectivity index (χ2v) is 6.37. The fourth-order valence-electron chi connectivity index (χ4n) is 2.78. The lowest BCUT2D eigenvalue weighted by Gasteiger charge is -2.26. The van der Waals surface area contributed by atoms with E-state index in [0.29, 0.717) is 18.9 Å². The standard InChI is InChI=1S/C14H19N5O2S/c1-18-13(15-9-16-18)17-14(21)19-6-2-4-10(19)8-11(20)12-5-3-7-22-12/h3,5,7,9-11,20H,2,4,6,8H2,1H3,(H,15,16,17,21). The number of hydrogen-bond acceptors (Lipinski definition) is 5. The first kappa shape index (κ1) is 15.0. The predicted molar refractivity (Wildman–Crippen MR) is 83.6 cm³/mol. The molecule has 3 rings (SSSR count). The number of anilines is 1. The number of carbonyl (C=O) groups excluding carboxylic acids is 1. The van der Waals surface area contributed by atoms with Crippen molar-refractivity contribution in [1.82, 2.24) is 19.7 Å². The number of aromatic nitrogens is 3. The van der Waals surface area contributed by atoms with Gasteiger partial charge in [0.25, 0.3) is 0 Å². The molecule has 2 amide bonds. The van der Waals surface area contributed by atoms with E-state index >= 15 is 0 Å². The Morgan fingerprint density at radius 2 is 2.50 bits per heavy atom. The van der Waals surface area contributed by atoms with E-state index in [1.54, 1.807) is 11.9 Å². The third kappa shape index (κ3) is 3.12. The molecule has 118 valence electrons. The van der Waals surface area contributed by atoms with Crippen molar-refractivity contribution in [2.75, 3.05) is 11.9 Å². The number of aryl methyl sites for hydroxylation is 1. The molecule has 0 spiro atoms. The number of aliphatic hydroxyl groups excluding tert-OH is 1. The molecule has 2 aromatic rings. The van der Waals surface area contributed by atoms with Gasteiger partial charge >= 0.3 is 6.03 Å². The van der Waals surface area contributed by atoms with E-state index < -0.39 is 6.10 Å². The molecule has 2 atom stereocenters. The second-order valence-electron chi connectivity index (χ2n) is 5.39. The molecule has 7 nitrogen and oxygen atoms in total. The molecule has 0 radical (unpaired) electrons. The van der Waals surface area contributed by atoms with Gasteiger partial charge < -0.3 is 10.0 Å². The predicted octanol–water partition coefficient (Wildman–Crippen LogP) is 2.00. The van der Waals surface area contributed by atoms with E-state index in [9.17, 15) is 9.90 Å². The summed E-state index contributed by atoms with van der Waals surface area (Å²) in [6.45, 7) is 0.700. The van der Waals surface area contributed by atoms with Gasteiger partial charge in [0.15, 0.2) is 0 Å². The smallest absolute Gasteiger partial charge is 0.324 e. The zero-order valence-corrected chi connectivity index (χ0v) is 13.2. The summed E-state index contributed by atoms with van der Waals surface area (Å²) < 4.78 is 1.52. The molecule has 2 N–H and O–H groups in total. The fraction of sp³-hybridized carbons (Fsp3) is 0.500. The topological polar surface area (TPSA) is 83.3 Å². The van der Waals surface area contributed by atoms with Crippen molar-refractivity contribution in [3.8, 4) is 0 Å². The normalized spacial score (nSPS) is 19.4. The first-order valence-corrected chi connectivity index (χ1v) is 8.16. The third-order valence-corrected chi connectivity index (χ3v) is 4.91. The highest BCUT2D eigenvalue weighted by Gasteiger charge is 2.31. The number of hydrogen-bond donors (Lipinski definition) is 2. The molecule has 8 heteroatoms. The molecular weight excluding hydrogens is 302 g/mol. The molecule has 0 bridgehead atoms. The van der Waals surface area contributed by atoms with Crippen LogP contribution >= 0.6 is 11.3 Å². The van der Waals surface area contributed by atoms with E-state index in [1.165, 1.54) is 22.3 Å². The van der Waals surface area contributed by atoms with Gasteiger partial charge in [-0.3, -0.25) is 5.32 Å². The van der Waals surface area contributed by atoms with Crippen molar-refractivity contribution in [2.24, 2.45) is 7.05 Å². The van der Waals surface area contributed by atoms with Crippen molar-refractivity contribution < 1.29 is 9.90 Å². The minimum atomic E-state index is -0.520. The van der Waals surface area contributed by atoms with Crippen LogP contribution in [0.2, 0.25) is 0 Å². The van der Waals surface area contributed by atoms with Crippen LogP contribution < -0.4 is 5.32 Å². The van der Waals surface area contributed by atoms with E-state index in [-0.39, 0.29) is 12.1 Å². The van der Waals surface area contributed by atoms with Crippen LogP contribution in [-0.4, -0.2) is 43.4 Å². The van der Waals surface area contributed by atoms with Gasteiger partial charge in [0.05, 0.1) is 6.10 Å². The summed E-state index contributed by atoms with van der Waals surface area (Å²) in [5.41, 5.74) is 0. The number of aliphatic hydroxyl groups is 1. The minimum absolute atomic E-state index is 0.0466. The first-order valence-electron chi connectivity index (χ1n) is 7.28. The average Bonchev–Trinajstić information content (AvgIpc) is 3.21. The van der Waals surface area contributed by atoms with Crippen LogP contribution in [0.1, 0.15) is 30.2 Å². The summed E-state index contributed by atoms with van der Waals surface area (Å²) in [7, 11) is 1.73. The molecule has 2 aromatic heterocycles. The largest absolute Gasteiger partial charge is 0.387 e. The van der Waals surface area contributed by atoms with Crippen molar-refractivity contribution in [1.29, 1.82) is 0 Å². The second kappa shape index (κ2) is 6.45. The lowest BCUT2D eigenvalue weighted by atomic mass is 10.1. The van der Waals surface area contributed by atoms with Gasteiger partial charge in [-0.2, -0.15) is 10.1 Å². The monoisotopic (exact) mass is 321 g/mol. The molecule has 1 saturated heterocycles. The summed E-state index contributed by atoms with van der Waals surface area (Å²) in [5, 5.41) is 18.9. The minimum Gasteiger partial charge on any atom is -0.387 e. The van der Waals surface area contributed by atoms with Gasteiger partial charge in [0.1, 0.15) is 6.33 Å². The van der Waals surface area contributed by atoms with Crippen molar-refractivity contribution in [2.45, 2.75) is 31.4 Å². The maximum atomic E-state index is 12.4. The highest BCUT2D eigenvalue weighted by Crippen LogP contribution is 2.29. The lowest BCUT2D eigenvalue weighted by Crippen LogP contribution is -2.39. The third-order valence-electron chi connectivity index (χ3n) is 3.94. The molecule has 3 heterocycles. The Kier molecular flexibility index (Phi) is 4.39. The Morgan fingerprint density at radius 3 is 3.18 bits per heavy atom. The number of urea groups is 1. The quantitative estimate of drug-likeness (QED) is 0.902. The number of likely N-dealkylation sites (tertiary alicyclic amines) is 1. The summed E-state index contributed by atoms with van der Waals surface area (Å²) in [6, 6.07) is 3.72. The Labute approximate surface area is 132 Å². The molecule has 1 aliphatic heterocycles. The Morgan fingerprint density at radius 1 is 1.64 bits per heavy atom. The number of amides is 2. The molecule has 0 aliphatic carbocycles. The van der Waals surface area contributed by atoms with Crippen molar-refractivity contribution in [3.05, 3.63) is 28.7 Å². The van der Waals surface area contributed by atoms with Crippen LogP contribution in [0.4, 0.5) is 10.7 Å². The van der Waals surface area contributed by atoms with E-state index in [1.807, 2.05) is 17.5 Å². The van der Waals surface area contributed by atoms with E-state index in [2.05, 4.69) is 15.4 Å². The number of nitrogens with zero attached hydrogens (tertiary/aromatic N) is 4. The van der Waals surface area contributed by atoms with Gasteiger partial charge in [-0.15, -0.1) is 11.3 Å². The highest BCUT2D eigenvalue weighted by molar-refractivity contribution is 7.10. The van der Waals surface area contributed by atoms with Crippen molar-refractivity contribution in [3.63, 3.8) is 0 Å². The molecule has 0 aromatic carbocycles. The summed E-state index contributed by atoms with van der Waals surface area (Å²) in [5.74, 6) is 0.425. The molecule has 1 aliphatic rings. The molecule has 22 heavy (non-hydrogen) atoms. The van der Waals surface area contributed by atoms with E-state index in [4.69, 9.17) is 0 Å². The fourth-order valence-corrected chi connectivity index (χ4v) is 3.50. The zero-order valence-electron chi connectivity index (χ0n) is 12.3. The van der Waals surface area contributed by atoms with Crippen LogP contribution in [-0.2, 0) is 7.05 Å². The molecule has 2 unspecified atom stereocenters. The average molecular weight is 321 g/mol. The zero-order chi connectivity index (χ0) is 15.5. The summed E-state index contributed by atoms with van der Waals surface area (Å²) in [4.78, 5) is 19.1. The molecule has 1 fully saturated rings. The van der Waals surface area contributed by atoms with Crippen LogP contribution in [0, 0.1) is 0 Å². The Bertz CT molecular complexity index is 627. The van der Waals surface area contributed by atoms with Crippen molar-refractivity contribution >= 4 is 23.3 Å². The van der Waals surface area contributed by atoms with Crippen LogP contribution in [0.3, 0.4) is 0 Å². The number of thiophene rings is 1. The van der Waals surface area contributed by atoms with Gasteiger partial charge in [0.2, 0.25) is 5.95 Å². The van der Waals surface area contributed by atoms with Gasteiger partial charge in [0, 0.05) is 24.5 Å². The highest BCUT2D eigenvalue weighted by atomic mass is 32.1. The van der Waals surface area contributed by atoms with Gasteiger partial charge in [-0.25, -0.2) is 9.48 Å². The maximum absolute atomic E-state index is 12.4. The number of carbonyl (C=O) groups is 1. The SMILES string of the molecule is Cn1ncnc1NC(=O)N1CCCC1CC(O)c1cccs1. The van der Waals surface area contributed by atoms with E-state index in [0.717, 1.165) is 17.7 Å². The first-order chi connectivity index (χ1) is 10.6. The van der Waals surface area contributed by atoms with Crippen LogP contribution in [0.25, 0.3) is 0 Å². The molecular formula is C14H19N5O2S. The van der Waals surface area contributed by atoms with Gasteiger partial charge in [-0.05, 0) is 30.7 Å². The van der Waals surface area contributed by atoms with Crippen LogP contribution in [0.5, 0.6) is 0 Å². The Balaban J connectivity index is 1.62. The molecule has 0 saturated carbocycles. The van der Waals surface area contributed by atoms with Gasteiger partial charge in [-0.1, -0.05) is 6.07 Å². The number of nitrogens with one attached hydrogen (secondary N) is 1. The summed E-state index contributed by atoms with van der Waals surface area (Å²) >= 11 is 1.54.